The van der Waals surface area contributed by atoms with E-state index in [1.807, 2.05) is 0 Å². The van der Waals surface area contributed by atoms with Gasteiger partial charge in [-0.25, -0.2) is 0 Å². The van der Waals surface area contributed by atoms with Crippen LogP contribution in [0.2, 0.25) is 0 Å². The number of rotatable bonds is 6. The van der Waals surface area contributed by atoms with E-state index in [1.165, 1.54) is 25.8 Å². The highest BCUT2D eigenvalue weighted by molar-refractivity contribution is 6.04. The molecule has 60 valence electrons. The van der Waals surface area contributed by atoms with Crippen LogP contribution in [0.5, 0.6) is 0 Å². The molecule has 0 aromatic rings. The monoisotopic (exact) mass is 142 g/mol. The average molecular weight is 142 g/mol. The summed E-state index contributed by atoms with van der Waals surface area (Å²) >= 11 is 0. The molecule has 0 aromatic carbocycles. The first-order valence-corrected chi connectivity index (χ1v) is 4.20. The summed E-state index contributed by atoms with van der Waals surface area (Å²) in [5.74, 6) is 0. The van der Waals surface area contributed by atoms with Gasteiger partial charge in [0.25, 0.3) is 0 Å². The molecule has 0 radical (unpaired) electrons. The van der Waals surface area contributed by atoms with E-state index >= 15 is 0 Å². The maximum atomic E-state index is 5.39. The lowest BCUT2D eigenvalue weighted by Crippen LogP contribution is -2.27. The van der Waals surface area contributed by atoms with E-state index < -0.39 is 0 Å². The van der Waals surface area contributed by atoms with Crippen LogP contribution < -0.4 is 5.73 Å². The number of nitrogens with two attached hydrogens (primary N) is 1. The molecule has 0 saturated carbocycles. The predicted molar refractivity (Wildman–Crippen MR) is 48.7 cm³/mol. The van der Waals surface area contributed by atoms with Crippen LogP contribution in [0, 0.1) is 0 Å². The van der Waals surface area contributed by atoms with Gasteiger partial charge in [-0.2, -0.15) is 0 Å². The summed E-state index contributed by atoms with van der Waals surface area (Å²) in [4.78, 5) is 2.29. The van der Waals surface area contributed by atoms with Crippen molar-refractivity contribution in [3.63, 3.8) is 0 Å². The molecule has 0 aliphatic heterocycles. The third-order valence-electron chi connectivity index (χ3n) is 1.65. The largest absolute Gasteiger partial charge is 0.348 e. The summed E-state index contributed by atoms with van der Waals surface area (Å²) in [5, 5.41) is 0. The van der Waals surface area contributed by atoms with Crippen molar-refractivity contribution in [2.24, 2.45) is 5.73 Å². The fourth-order valence-corrected chi connectivity index (χ4v) is 0.964. The number of unbranched alkanes of at least 4 members (excludes halogenated alkanes) is 2. The molecule has 0 heterocycles. The van der Waals surface area contributed by atoms with Crippen molar-refractivity contribution >= 4 is 7.98 Å². The molecular weight excluding hydrogens is 123 g/mol. The summed E-state index contributed by atoms with van der Waals surface area (Å²) < 4.78 is 0. The smallest absolute Gasteiger partial charge is 0.185 e. The van der Waals surface area contributed by atoms with Gasteiger partial charge in [-0.3, -0.25) is 0 Å². The van der Waals surface area contributed by atoms with Gasteiger partial charge in [0.15, 0.2) is 7.98 Å². The normalized spacial score (nSPS) is 10.7. The standard InChI is InChI=1S/C7H19BN2/c1-2-3-4-6-10(8)7-5-9/h2-9H2,1H3. The molecule has 0 aliphatic rings. The fourth-order valence-electron chi connectivity index (χ4n) is 0.964. The van der Waals surface area contributed by atoms with Crippen molar-refractivity contribution in [3.8, 4) is 0 Å². The van der Waals surface area contributed by atoms with Crippen LogP contribution in [-0.2, 0) is 0 Å². The van der Waals surface area contributed by atoms with Crippen LogP contribution in [0.1, 0.15) is 26.2 Å². The Morgan fingerprint density at radius 2 is 2.00 bits per heavy atom. The molecule has 0 spiro atoms. The molecule has 10 heavy (non-hydrogen) atoms. The van der Waals surface area contributed by atoms with E-state index in [9.17, 15) is 0 Å². The third-order valence-corrected chi connectivity index (χ3v) is 1.65. The second kappa shape index (κ2) is 7.10. The van der Waals surface area contributed by atoms with Crippen LogP contribution in [-0.4, -0.2) is 32.4 Å². The van der Waals surface area contributed by atoms with Gasteiger partial charge in [-0.1, -0.05) is 19.8 Å². The quantitative estimate of drug-likeness (QED) is 0.417. The van der Waals surface area contributed by atoms with Gasteiger partial charge in [0, 0.05) is 6.54 Å². The molecule has 2 nitrogen and oxygen atoms in total. The van der Waals surface area contributed by atoms with Gasteiger partial charge in [-0.15, -0.1) is 0 Å². The molecule has 0 aliphatic carbocycles. The molecule has 0 unspecified atom stereocenters. The molecule has 0 saturated heterocycles. The first-order valence-electron chi connectivity index (χ1n) is 4.20. The second-order valence-electron chi connectivity index (χ2n) is 2.80. The first kappa shape index (κ1) is 9.98. The molecule has 0 fully saturated rings. The van der Waals surface area contributed by atoms with Gasteiger partial charge >= 0.3 is 0 Å². The topological polar surface area (TPSA) is 29.3 Å². The Hall–Kier alpha value is -0.0151. The molecule has 3 heteroatoms. The highest BCUT2D eigenvalue weighted by atomic mass is 15.0. The van der Waals surface area contributed by atoms with Gasteiger partial charge < -0.3 is 10.5 Å². The molecule has 0 bridgehead atoms. The molecule has 0 atom stereocenters. The van der Waals surface area contributed by atoms with Crippen LogP contribution >= 0.6 is 0 Å². The van der Waals surface area contributed by atoms with E-state index in [2.05, 4.69) is 19.7 Å². The molecule has 2 N–H and O–H groups in total. The third kappa shape index (κ3) is 6.11. The van der Waals surface area contributed by atoms with Crippen molar-refractivity contribution < 1.29 is 0 Å². The van der Waals surface area contributed by atoms with Crippen molar-refractivity contribution in [1.29, 1.82) is 0 Å². The Labute approximate surface area is 65.2 Å². The van der Waals surface area contributed by atoms with Crippen LogP contribution in [0.15, 0.2) is 0 Å². The minimum absolute atomic E-state index is 0.780. The van der Waals surface area contributed by atoms with E-state index in [0.717, 1.165) is 13.1 Å². The molecule has 0 aromatic heterocycles. The highest BCUT2D eigenvalue weighted by Gasteiger charge is 1.93. The fraction of sp³-hybridized carbons (Fsp3) is 1.00. The lowest BCUT2D eigenvalue weighted by Gasteiger charge is -2.14. The van der Waals surface area contributed by atoms with Gasteiger partial charge in [0.1, 0.15) is 0 Å². The lowest BCUT2D eigenvalue weighted by atomic mass is 10.2. The summed E-state index contributed by atoms with van der Waals surface area (Å²) in [5.41, 5.74) is 5.39. The molecule has 0 rings (SSSR count). The first-order chi connectivity index (χ1) is 4.81. The zero-order chi connectivity index (χ0) is 7.82. The van der Waals surface area contributed by atoms with Crippen molar-refractivity contribution in [3.05, 3.63) is 0 Å². The maximum absolute atomic E-state index is 5.39. The van der Waals surface area contributed by atoms with Crippen molar-refractivity contribution in [2.75, 3.05) is 19.6 Å². The average Bonchev–Trinajstić information content (AvgIpc) is 1.89. The van der Waals surface area contributed by atoms with Crippen LogP contribution in [0.25, 0.3) is 0 Å². The molecular formula is C7H19BN2. The lowest BCUT2D eigenvalue weighted by molar-refractivity contribution is 0.443. The Bertz CT molecular complexity index is 68.6. The number of hydrogen-bond donors (Lipinski definition) is 1. The molecule has 0 amide bonds. The second-order valence-corrected chi connectivity index (χ2v) is 2.80. The van der Waals surface area contributed by atoms with Crippen molar-refractivity contribution in [2.45, 2.75) is 26.2 Å². The number of hydrogen-bond acceptors (Lipinski definition) is 2. The Kier molecular flexibility index (Phi) is 7.09. The highest BCUT2D eigenvalue weighted by Crippen LogP contribution is 1.94. The van der Waals surface area contributed by atoms with Crippen LogP contribution in [0.3, 0.4) is 0 Å². The number of nitrogens with zero attached hydrogens (tertiary/aromatic N) is 1. The van der Waals surface area contributed by atoms with E-state index in [1.54, 1.807) is 0 Å². The maximum Gasteiger partial charge on any atom is 0.185 e. The summed E-state index contributed by atoms with van der Waals surface area (Å²) in [6, 6.07) is 0. The zero-order valence-corrected chi connectivity index (χ0v) is 7.27. The Balaban J connectivity index is 2.97. The minimum atomic E-state index is 0.780. The van der Waals surface area contributed by atoms with E-state index in [-0.39, 0.29) is 0 Å². The van der Waals surface area contributed by atoms with E-state index in [0.29, 0.717) is 0 Å². The SMILES string of the molecule is BN(CCN)CCCCC. The zero-order valence-electron chi connectivity index (χ0n) is 7.27. The summed E-state index contributed by atoms with van der Waals surface area (Å²) in [6.07, 6.45) is 3.96. The summed E-state index contributed by atoms with van der Waals surface area (Å²) in [7, 11) is 2.13. The Morgan fingerprint density at radius 1 is 1.30 bits per heavy atom. The van der Waals surface area contributed by atoms with Crippen molar-refractivity contribution in [1.82, 2.24) is 4.81 Å². The minimum Gasteiger partial charge on any atom is -0.348 e. The van der Waals surface area contributed by atoms with Gasteiger partial charge in [-0.05, 0) is 19.5 Å². The van der Waals surface area contributed by atoms with E-state index in [4.69, 9.17) is 5.73 Å². The van der Waals surface area contributed by atoms with Crippen LogP contribution in [0.4, 0.5) is 0 Å². The summed E-state index contributed by atoms with van der Waals surface area (Å²) in [6.45, 7) is 5.24. The predicted octanol–water partition coefficient (Wildman–Crippen LogP) is -0.0146. The van der Waals surface area contributed by atoms with Gasteiger partial charge in [0.05, 0.1) is 0 Å². The van der Waals surface area contributed by atoms with Gasteiger partial charge in [0.2, 0.25) is 0 Å². The Morgan fingerprint density at radius 3 is 2.50 bits per heavy atom.